The van der Waals surface area contributed by atoms with Crippen molar-refractivity contribution in [3.8, 4) is 16.9 Å². The Hall–Kier alpha value is -3.71. The first-order valence-electron chi connectivity index (χ1n) is 10.7. The van der Waals surface area contributed by atoms with Crippen LogP contribution in [-0.4, -0.2) is 34.6 Å². The molecular formula is C26H24N4O2S. The number of benzene rings is 3. The van der Waals surface area contributed by atoms with E-state index in [1.807, 2.05) is 103 Å². The Bertz CT molecular complexity index is 1410. The van der Waals surface area contributed by atoms with Crippen LogP contribution in [0.3, 0.4) is 0 Å². The predicted molar refractivity (Wildman–Crippen MR) is 131 cm³/mol. The van der Waals surface area contributed by atoms with E-state index < -0.39 is 16.1 Å². The molecule has 5 rings (SSSR count). The van der Waals surface area contributed by atoms with E-state index in [9.17, 15) is 8.42 Å². The Morgan fingerprint density at radius 3 is 2.12 bits per heavy atom. The van der Waals surface area contributed by atoms with E-state index in [1.165, 1.54) is 10.7 Å². The third-order valence-corrected chi connectivity index (χ3v) is 6.78. The lowest BCUT2D eigenvalue weighted by atomic mass is 9.97. The molecule has 4 aromatic rings. The summed E-state index contributed by atoms with van der Waals surface area (Å²) >= 11 is 0. The largest absolute Gasteiger partial charge is 0.247 e. The van der Waals surface area contributed by atoms with Gasteiger partial charge in [-0.2, -0.15) is 14.6 Å². The van der Waals surface area contributed by atoms with E-state index in [1.54, 1.807) is 0 Å². The van der Waals surface area contributed by atoms with E-state index in [4.69, 9.17) is 5.10 Å². The molecule has 1 aromatic heterocycles. The molecule has 0 spiro atoms. The standard InChI is InChI=1S/C26H24N4O2S/c1-19-13-15-21(16-14-19)26-23(18-29(28-26)22-11-7-4-8-12-22)25-17-24(20-9-5-3-6-10-20)27-30(25)33(2,31)32/h3-16,18,25H,17H2,1-2H3/t25-/m1/s1. The van der Waals surface area contributed by atoms with Crippen LogP contribution >= 0.6 is 0 Å². The van der Waals surface area contributed by atoms with Crippen molar-refractivity contribution in [2.24, 2.45) is 5.10 Å². The van der Waals surface area contributed by atoms with Gasteiger partial charge in [-0.3, -0.25) is 0 Å². The van der Waals surface area contributed by atoms with E-state index >= 15 is 0 Å². The van der Waals surface area contributed by atoms with Gasteiger partial charge in [-0.1, -0.05) is 78.4 Å². The Balaban J connectivity index is 1.65. The van der Waals surface area contributed by atoms with Crippen LogP contribution in [0.5, 0.6) is 0 Å². The van der Waals surface area contributed by atoms with Crippen LogP contribution < -0.4 is 0 Å². The molecule has 166 valence electrons. The second-order valence-electron chi connectivity index (χ2n) is 8.25. The van der Waals surface area contributed by atoms with Gasteiger partial charge >= 0.3 is 0 Å². The van der Waals surface area contributed by atoms with Gasteiger partial charge < -0.3 is 0 Å². The Morgan fingerprint density at radius 1 is 0.848 bits per heavy atom. The highest BCUT2D eigenvalue weighted by atomic mass is 32.2. The first-order chi connectivity index (χ1) is 15.9. The number of hydrogen-bond donors (Lipinski definition) is 0. The zero-order valence-electron chi connectivity index (χ0n) is 18.5. The number of para-hydroxylation sites is 1. The molecule has 1 aliphatic rings. The van der Waals surface area contributed by atoms with Crippen molar-refractivity contribution in [3.05, 3.63) is 108 Å². The maximum atomic E-state index is 12.8. The molecule has 1 atom stereocenters. The van der Waals surface area contributed by atoms with Crippen molar-refractivity contribution in [1.82, 2.24) is 14.2 Å². The molecule has 0 saturated heterocycles. The second-order valence-corrected chi connectivity index (χ2v) is 10.1. The van der Waals surface area contributed by atoms with Crippen molar-refractivity contribution >= 4 is 15.7 Å². The molecule has 2 heterocycles. The second kappa shape index (κ2) is 8.33. The Labute approximate surface area is 193 Å². The van der Waals surface area contributed by atoms with Crippen LogP contribution in [0.4, 0.5) is 0 Å². The minimum atomic E-state index is -3.59. The highest BCUT2D eigenvalue weighted by molar-refractivity contribution is 7.88. The third kappa shape index (κ3) is 4.19. The summed E-state index contributed by atoms with van der Waals surface area (Å²) in [5.74, 6) is 0. The van der Waals surface area contributed by atoms with Gasteiger partial charge in [0.25, 0.3) is 0 Å². The SMILES string of the molecule is Cc1ccc(-c2nn(-c3ccccc3)cc2[C@H]2CC(c3ccccc3)=NN2S(C)(=O)=O)cc1. The van der Waals surface area contributed by atoms with Gasteiger partial charge in [-0.05, 0) is 24.6 Å². The van der Waals surface area contributed by atoms with Crippen LogP contribution in [0.15, 0.2) is 96.2 Å². The van der Waals surface area contributed by atoms with E-state index in [0.29, 0.717) is 6.42 Å². The van der Waals surface area contributed by atoms with Crippen LogP contribution in [-0.2, 0) is 10.0 Å². The summed E-state index contributed by atoms with van der Waals surface area (Å²) in [6.07, 6.45) is 3.60. The maximum Gasteiger partial charge on any atom is 0.247 e. The van der Waals surface area contributed by atoms with Crippen LogP contribution in [0.1, 0.15) is 29.2 Å². The number of hydrogen-bond acceptors (Lipinski definition) is 4. The summed E-state index contributed by atoms with van der Waals surface area (Å²) in [6, 6.07) is 27.2. The average molecular weight is 457 g/mol. The number of rotatable bonds is 5. The maximum absolute atomic E-state index is 12.8. The molecule has 7 heteroatoms. The quantitative estimate of drug-likeness (QED) is 0.426. The number of sulfonamides is 1. The van der Waals surface area contributed by atoms with Crippen molar-refractivity contribution < 1.29 is 8.42 Å². The third-order valence-electron chi connectivity index (χ3n) is 5.77. The monoisotopic (exact) mass is 456 g/mol. The Morgan fingerprint density at radius 2 is 1.48 bits per heavy atom. The van der Waals surface area contributed by atoms with E-state index in [2.05, 4.69) is 5.10 Å². The topological polar surface area (TPSA) is 67.6 Å². The fourth-order valence-electron chi connectivity index (χ4n) is 4.11. The zero-order chi connectivity index (χ0) is 23.0. The molecule has 0 fully saturated rings. The summed E-state index contributed by atoms with van der Waals surface area (Å²) in [7, 11) is -3.59. The van der Waals surface area contributed by atoms with Crippen LogP contribution in [0.2, 0.25) is 0 Å². The molecule has 33 heavy (non-hydrogen) atoms. The van der Waals surface area contributed by atoms with Crippen LogP contribution in [0.25, 0.3) is 16.9 Å². The average Bonchev–Trinajstić information content (AvgIpc) is 3.46. The Kier molecular flexibility index (Phi) is 5.34. The van der Waals surface area contributed by atoms with Gasteiger partial charge in [0.15, 0.2) is 0 Å². The molecule has 0 amide bonds. The fraction of sp³-hybridized carbons (Fsp3) is 0.154. The predicted octanol–water partition coefficient (Wildman–Crippen LogP) is 4.96. The van der Waals surface area contributed by atoms with Gasteiger partial charge in [0.1, 0.15) is 0 Å². The molecule has 0 bridgehead atoms. The number of aromatic nitrogens is 2. The van der Waals surface area contributed by atoms with Gasteiger partial charge in [0.2, 0.25) is 10.0 Å². The fourth-order valence-corrected chi connectivity index (χ4v) is 5.01. The summed E-state index contributed by atoms with van der Waals surface area (Å²) in [5.41, 5.74) is 6.23. The first-order valence-corrected chi connectivity index (χ1v) is 12.6. The lowest BCUT2D eigenvalue weighted by Gasteiger charge is -2.21. The first kappa shape index (κ1) is 21.2. The van der Waals surface area contributed by atoms with Crippen molar-refractivity contribution in [1.29, 1.82) is 0 Å². The smallest absolute Gasteiger partial charge is 0.240 e. The molecule has 0 saturated carbocycles. The molecule has 0 aliphatic carbocycles. The summed E-state index contributed by atoms with van der Waals surface area (Å²) in [5, 5.41) is 9.43. The lowest BCUT2D eigenvalue weighted by molar-refractivity contribution is 0.375. The molecule has 6 nitrogen and oxygen atoms in total. The van der Waals surface area contributed by atoms with E-state index in [-0.39, 0.29) is 0 Å². The molecule has 0 radical (unpaired) electrons. The summed E-state index contributed by atoms with van der Waals surface area (Å²) in [4.78, 5) is 0. The van der Waals surface area contributed by atoms with Crippen molar-refractivity contribution in [2.75, 3.05) is 6.26 Å². The van der Waals surface area contributed by atoms with E-state index in [0.717, 1.165) is 39.3 Å². The molecule has 0 N–H and O–H groups in total. The van der Waals surface area contributed by atoms with Crippen LogP contribution in [0, 0.1) is 6.92 Å². The van der Waals surface area contributed by atoms with Gasteiger partial charge in [-0.15, -0.1) is 0 Å². The van der Waals surface area contributed by atoms with Crippen molar-refractivity contribution in [3.63, 3.8) is 0 Å². The summed E-state index contributed by atoms with van der Waals surface area (Å²) in [6.45, 7) is 2.04. The minimum absolute atomic E-state index is 0.469. The highest BCUT2D eigenvalue weighted by Gasteiger charge is 2.37. The van der Waals surface area contributed by atoms with Gasteiger partial charge in [0.05, 0.1) is 29.4 Å². The molecule has 1 aliphatic heterocycles. The lowest BCUT2D eigenvalue weighted by Crippen LogP contribution is -2.26. The van der Waals surface area contributed by atoms with Crippen molar-refractivity contribution in [2.45, 2.75) is 19.4 Å². The zero-order valence-corrected chi connectivity index (χ0v) is 19.3. The summed E-state index contributed by atoms with van der Waals surface area (Å²) < 4.78 is 28.6. The number of aryl methyl sites for hydroxylation is 1. The highest BCUT2D eigenvalue weighted by Crippen LogP contribution is 2.39. The minimum Gasteiger partial charge on any atom is -0.240 e. The van der Waals surface area contributed by atoms with Gasteiger partial charge in [-0.25, -0.2) is 13.1 Å². The molecular weight excluding hydrogens is 432 g/mol. The molecule has 0 unspecified atom stereocenters. The van der Waals surface area contributed by atoms with Gasteiger partial charge in [0, 0.05) is 23.7 Å². The normalized spacial score (nSPS) is 16.1. The number of hydrazone groups is 1. The number of nitrogens with zero attached hydrogens (tertiary/aromatic N) is 4. The molecule has 3 aromatic carbocycles.